The van der Waals surface area contributed by atoms with Crippen molar-refractivity contribution < 1.29 is 24.3 Å². The number of carbonyl (C=O) groups excluding carboxylic acids is 1. The summed E-state index contributed by atoms with van der Waals surface area (Å²) in [5, 5.41) is 24.4. The zero-order valence-corrected chi connectivity index (χ0v) is 17.0. The highest BCUT2D eigenvalue weighted by atomic mass is 79.9. The van der Waals surface area contributed by atoms with Crippen molar-refractivity contribution in [3.8, 4) is 17.2 Å². The van der Waals surface area contributed by atoms with Crippen LogP contribution in [0.1, 0.15) is 5.56 Å². The zero-order valence-electron chi connectivity index (χ0n) is 13.8. The van der Waals surface area contributed by atoms with E-state index in [0.29, 0.717) is 11.5 Å². The highest BCUT2D eigenvalue weighted by molar-refractivity contribution is 9.10. The molecule has 0 bridgehead atoms. The number of halogens is 2. The lowest BCUT2D eigenvalue weighted by Crippen LogP contribution is -2.24. The van der Waals surface area contributed by atoms with Crippen LogP contribution in [-0.4, -0.2) is 35.9 Å². The van der Waals surface area contributed by atoms with Gasteiger partial charge in [0.05, 0.1) is 22.7 Å². The first-order valence-corrected chi connectivity index (χ1v) is 8.85. The molecule has 0 unspecified atom stereocenters. The minimum atomic E-state index is -0.612. The van der Waals surface area contributed by atoms with Gasteiger partial charge in [0, 0.05) is 22.2 Å². The molecule has 9 nitrogen and oxygen atoms in total. The number of benzene rings is 2. The van der Waals surface area contributed by atoms with Gasteiger partial charge in [-0.25, -0.2) is 5.43 Å². The molecule has 0 radical (unpaired) electrons. The van der Waals surface area contributed by atoms with Gasteiger partial charge in [0.2, 0.25) is 0 Å². The average molecular weight is 503 g/mol. The van der Waals surface area contributed by atoms with Crippen LogP contribution >= 0.6 is 31.9 Å². The molecule has 2 aromatic carbocycles. The molecule has 0 saturated heterocycles. The number of nitrogens with zero attached hydrogens (tertiary/aromatic N) is 2. The SMILES string of the molecule is COc1cc(Br)ccc1OCC(=O)N/N=C/c1cc([N+](=O)[O-])cc(Br)c1O. The van der Waals surface area contributed by atoms with Gasteiger partial charge < -0.3 is 14.6 Å². The van der Waals surface area contributed by atoms with Gasteiger partial charge in [-0.15, -0.1) is 0 Å². The van der Waals surface area contributed by atoms with Crippen LogP contribution in [0, 0.1) is 10.1 Å². The van der Waals surface area contributed by atoms with Crippen LogP contribution in [0.5, 0.6) is 17.2 Å². The van der Waals surface area contributed by atoms with Gasteiger partial charge in [-0.2, -0.15) is 5.10 Å². The van der Waals surface area contributed by atoms with Crippen LogP contribution in [0.4, 0.5) is 5.69 Å². The minimum Gasteiger partial charge on any atom is -0.506 e. The molecule has 0 atom stereocenters. The predicted octanol–water partition coefficient (Wildman–Crippen LogP) is 3.36. The fourth-order valence-electron chi connectivity index (χ4n) is 1.92. The number of hydrogen-bond acceptors (Lipinski definition) is 7. The zero-order chi connectivity index (χ0) is 20.0. The summed E-state index contributed by atoms with van der Waals surface area (Å²) in [6.45, 7) is -0.333. The number of carbonyl (C=O) groups is 1. The summed E-state index contributed by atoms with van der Waals surface area (Å²) in [6, 6.07) is 7.34. The van der Waals surface area contributed by atoms with Crippen LogP contribution in [-0.2, 0) is 4.79 Å². The molecule has 2 N–H and O–H groups in total. The molecule has 142 valence electrons. The molecular weight excluding hydrogens is 490 g/mol. The molecule has 0 spiro atoms. The molecule has 11 heteroatoms. The maximum atomic E-state index is 11.8. The highest BCUT2D eigenvalue weighted by Crippen LogP contribution is 2.31. The Hall–Kier alpha value is -2.66. The van der Waals surface area contributed by atoms with E-state index in [0.717, 1.165) is 22.8 Å². The van der Waals surface area contributed by atoms with Crippen molar-refractivity contribution in [2.75, 3.05) is 13.7 Å². The Morgan fingerprint density at radius 1 is 1.33 bits per heavy atom. The molecule has 0 aliphatic carbocycles. The second-order valence-corrected chi connectivity index (χ2v) is 6.77. The molecule has 1 amide bonds. The Bertz CT molecular complexity index is 904. The lowest BCUT2D eigenvalue weighted by molar-refractivity contribution is -0.385. The summed E-state index contributed by atoms with van der Waals surface area (Å²) in [4.78, 5) is 22.1. The Morgan fingerprint density at radius 2 is 2.07 bits per heavy atom. The van der Waals surface area contributed by atoms with E-state index in [-0.39, 0.29) is 28.1 Å². The lowest BCUT2D eigenvalue weighted by atomic mass is 10.2. The lowest BCUT2D eigenvalue weighted by Gasteiger charge is -2.10. The van der Waals surface area contributed by atoms with Crippen LogP contribution in [0.15, 0.2) is 44.4 Å². The van der Waals surface area contributed by atoms with E-state index < -0.39 is 10.8 Å². The highest BCUT2D eigenvalue weighted by Gasteiger charge is 2.14. The van der Waals surface area contributed by atoms with Crippen LogP contribution in [0.25, 0.3) is 0 Å². The molecule has 0 heterocycles. The second-order valence-electron chi connectivity index (χ2n) is 5.00. The Balaban J connectivity index is 1.99. The van der Waals surface area contributed by atoms with Gasteiger partial charge in [-0.05, 0) is 34.1 Å². The number of amides is 1. The van der Waals surface area contributed by atoms with E-state index >= 15 is 0 Å². The topological polar surface area (TPSA) is 123 Å². The number of phenolic OH excluding ortho intramolecular Hbond substituents is 1. The van der Waals surface area contributed by atoms with E-state index in [1.54, 1.807) is 18.2 Å². The number of rotatable bonds is 7. The van der Waals surface area contributed by atoms with E-state index in [2.05, 4.69) is 42.4 Å². The number of nitrogens with one attached hydrogen (secondary N) is 1. The van der Waals surface area contributed by atoms with Crippen LogP contribution in [0.2, 0.25) is 0 Å². The van der Waals surface area contributed by atoms with Gasteiger partial charge in [0.15, 0.2) is 18.1 Å². The summed E-state index contributed by atoms with van der Waals surface area (Å²) in [7, 11) is 1.47. The van der Waals surface area contributed by atoms with Gasteiger partial charge in [0.25, 0.3) is 11.6 Å². The fourth-order valence-corrected chi connectivity index (χ4v) is 2.72. The molecule has 0 fully saturated rings. The quantitative estimate of drug-likeness (QED) is 0.340. The van der Waals surface area contributed by atoms with Gasteiger partial charge >= 0.3 is 0 Å². The summed E-state index contributed by atoms with van der Waals surface area (Å²) >= 11 is 6.32. The minimum absolute atomic E-state index is 0.0619. The molecule has 27 heavy (non-hydrogen) atoms. The van der Waals surface area contributed by atoms with Gasteiger partial charge in [-0.1, -0.05) is 15.9 Å². The first kappa shape index (κ1) is 20.6. The summed E-state index contributed by atoms with van der Waals surface area (Å²) < 4.78 is 11.4. The molecule has 2 rings (SSSR count). The number of hydrogen-bond donors (Lipinski definition) is 2. The first-order valence-electron chi connectivity index (χ1n) is 7.27. The van der Waals surface area contributed by atoms with Crippen molar-refractivity contribution >= 4 is 49.7 Å². The summed E-state index contributed by atoms with van der Waals surface area (Å²) in [5.74, 6) is 0.0155. The largest absolute Gasteiger partial charge is 0.506 e. The van der Waals surface area contributed by atoms with Crippen molar-refractivity contribution in [3.05, 3.63) is 55.0 Å². The van der Waals surface area contributed by atoms with E-state index in [1.807, 2.05) is 0 Å². The molecule has 0 aliphatic heterocycles. The molecule has 0 aromatic heterocycles. The smallest absolute Gasteiger partial charge is 0.277 e. The maximum Gasteiger partial charge on any atom is 0.277 e. The van der Waals surface area contributed by atoms with Gasteiger partial charge in [0.1, 0.15) is 5.75 Å². The first-order chi connectivity index (χ1) is 12.8. The Labute approximate surface area is 170 Å². The number of ether oxygens (including phenoxy) is 2. The number of hydrazone groups is 1. The van der Waals surface area contributed by atoms with Crippen molar-refractivity contribution in [3.63, 3.8) is 0 Å². The summed E-state index contributed by atoms with van der Waals surface area (Å²) in [5.41, 5.74) is 2.03. The van der Waals surface area contributed by atoms with E-state index in [1.165, 1.54) is 7.11 Å². The molecule has 2 aromatic rings. The number of nitro groups is 1. The number of aromatic hydroxyl groups is 1. The molecule has 0 aliphatic rings. The standard InChI is InChI=1S/C16H13Br2N3O6/c1-26-14-5-10(17)2-3-13(14)27-8-15(22)20-19-7-9-4-11(21(24)25)6-12(18)16(9)23/h2-7,23H,8H2,1H3,(H,20,22)/b19-7+. The number of methoxy groups -OCH3 is 1. The Morgan fingerprint density at radius 3 is 2.74 bits per heavy atom. The van der Waals surface area contributed by atoms with Crippen molar-refractivity contribution in [2.45, 2.75) is 0 Å². The number of nitro benzene ring substituents is 1. The van der Waals surface area contributed by atoms with E-state index in [4.69, 9.17) is 9.47 Å². The number of non-ortho nitro benzene ring substituents is 1. The van der Waals surface area contributed by atoms with Crippen molar-refractivity contribution in [2.24, 2.45) is 5.10 Å². The average Bonchev–Trinajstić information content (AvgIpc) is 2.63. The molecule has 0 saturated carbocycles. The maximum absolute atomic E-state index is 11.8. The predicted molar refractivity (Wildman–Crippen MR) is 104 cm³/mol. The summed E-state index contributed by atoms with van der Waals surface area (Å²) in [6.07, 6.45) is 1.09. The second kappa shape index (κ2) is 9.33. The van der Waals surface area contributed by atoms with E-state index in [9.17, 15) is 20.0 Å². The normalized spacial score (nSPS) is 10.6. The van der Waals surface area contributed by atoms with Crippen molar-refractivity contribution in [1.29, 1.82) is 0 Å². The monoisotopic (exact) mass is 501 g/mol. The fraction of sp³-hybridized carbons (Fsp3) is 0.125. The Kier molecular flexibility index (Phi) is 7.13. The van der Waals surface area contributed by atoms with Crippen molar-refractivity contribution in [1.82, 2.24) is 5.43 Å². The third kappa shape index (κ3) is 5.66. The third-order valence-electron chi connectivity index (χ3n) is 3.17. The third-order valence-corrected chi connectivity index (χ3v) is 4.26. The van der Waals surface area contributed by atoms with Gasteiger partial charge in [-0.3, -0.25) is 14.9 Å². The van der Waals surface area contributed by atoms with Crippen LogP contribution < -0.4 is 14.9 Å². The molecular formula is C16H13Br2N3O6. The number of phenols is 1. The van der Waals surface area contributed by atoms with Crippen LogP contribution in [0.3, 0.4) is 0 Å².